The first-order valence-electron chi connectivity index (χ1n) is 7.35. The second-order valence-electron chi connectivity index (χ2n) is 5.42. The lowest BCUT2D eigenvalue weighted by Crippen LogP contribution is -2.23. The van der Waals surface area contributed by atoms with Crippen LogP contribution in [0.5, 0.6) is 0 Å². The Balaban J connectivity index is 1.70. The molecule has 3 rings (SSSR count). The maximum atomic E-state index is 5.85. The van der Waals surface area contributed by atoms with Gasteiger partial charge in [0.1, 0.15) is 0 Å². The van der Waals surface area contributed by atoms with Crippen molar-refractivity contribution in [3.05, 3.63) is 42.7 Å². The highest BCUT2D eigenvalue weighted by Gasteiger charge is 2.11. The third-order valence-electron chi connectivity index (χ3n) is 3.37. The normalized spacial score (nSPS) is 11.6. The lowest BCUT2D eigenvalue weighted by Gasteiger charge is -2.05. The van der Waals surface area contributed by atoms with Crippen LogP contribution in [0, 0.1) is 0 Å². The maximum Gasteiger partial charge on any atom is 0.194 e. The molecule has 110 valence electrons. The van der Waals surface area contributed by atoms with Gasteiger partial charge in [0.15, 0.2) is 11.7 Å². The molecule has 3 heterocycles. The zero-order valence-corrected chi connectivity index (χ0v) is 12.4. The quantitative estimate of drug-likeness (QED) is 0.707. The Hall–Kier alpha value is -2.14. The van der Waals surface area contributed by atoms with Gasteiger partial charge in [0.25, 0.3) is 0 Å². The van der Waals surface area contributed by atoms with Crippen molar-refractivity contribution in [2.45, 2.75) is 32.7 Å². The molecule has 0 aliphatic carbocycles. The van der Waals surface area contributed by atoms with Crippen molar-refractivity contribution in [3.8, 4) is 11.3 Å². The van der Waals surface area contributed by atoms with E-state index in [1.54, 1.807) is 6.20 Å². The lowest BCUT2D eigenvalue weighted by atomic mass is 10.2. The summed E-state index contributed by atoms with van der Waals surface area (Å²) in [4.78, 5) is 4.36. The largest absolute Gasteiger partial charge is 0.441 e. The van der Waals surface area contributed by atoms with Gasteiger partial charge >= 0.3 is 0 Å². The minimum atomic E-state index is 0.518. The maximum absolute atomic E-state index is 5.85. The van der Waals surface area contributed by atoms with Gasteiger partial charge in [0.2, 0.25) is 0 Å². The number of nitrogens with zero attached hydrogens (tertiary/aromatic N) is 3. The SMILES string of the molecule is CC(C)NCCCc1ncc(-c2cnn3ccccc23)o1. The van der Waals surface area contributed by atoms with Crippen molar-refractivity contribution in [1.29, 1.82) is 0 Å². The zero-order valence-electron chi connectivity index (χ0n) is 12.4. The molecule has 0 saturated carbocycles. The molecule has 0 radical (unpaired) electrons. The van der Waals surface area contributed by atoms with Gasteiger partial charge in [-0.05, 0) is 25.1 Å². The van der Waals surface area contributed by atoms with E-state index in [0.29, 0.717) is 6.04 Å². The average molecular weight is 284 g/mol. The molecule has 0 atom stereocenters. The van der Waals surface area contributed by atoms with Crippen LogP contribution in [-0.2, 0) is 6.42 Å². The number of nitrogens with one attached hydrogen (secondary N) is 1. The third-order valence-corrected chi connectivity index (χ3v) is 3.37. The zero-order chi connectivity index (χ0) is 14.7. The summed E-state index contributed by atoms with van der Waals surface area (Å²) in [7, 11) is 0. The van der Waals surface area contributed by atoms with Crippen LogP contribution < -0.4 is 5.32 Å². The number of oxazole rings is 1. The summed E-state index contributed by atoms with van der Waals surface area (Å²) >= 11 is 0. The topological polar surface area (TPSA) is 55.4 Å². The van der Waals surface area contributed by atoms with Crippen LogP contribution in [0.2, 0.25) is 0 Å². The van der Waals surface area contributed by atoms with Crippen LogP contribution in [0.1, 0.15) is 26.2 Å². The molecule has 1 N–H and O–H groups in total. The molecule has 0 fully saturated rings. The predicted molar refractivity (Wildman–Crippen MR) is 82.1 cm³/mol. The van der Waals surface area contributed by atoms with Crippen LogP contribution in [-0.4, -0.2) is 27.2 Å². The molecule has 0 bridgehead atoms. The van der Waals surface area contributed by atoms with Crippen molar-refractivity contribution < 1.29 is 4.42 Å². The molecule has 0 unspecified atom stereocenters. The van der Waals surface area contributed by atoms with Crippen molar-refractivity contribution in [2.75, 3.05) is 6.54 Å². The number of aromatic nitrogens is 3. The van der Waals surface area contributed by atoms with E-state index in [-0.39, 0.29) is 0 Å². The van der Waals surface area contributed by atoms with Crippen molar-refractivity contribution >= 4 is 5.52 Å². The van der Waals surface area contributed by atoms with E-state index in [1.807, 2.05) is 35.1 Å². The van der Waals surface area contributed by atoms with Crippen molar-refractivity contribution in [3.63, 3.8) is 0 Å². The molecule has 5 heteroatoms. The van der Waals surface area contributed by atoms with Crippen LogP contribution in [0.4, 0.5) is 0 Å². The number of aryl methyl sites for hydroxylation is 1. The van der Waals surface area contributed by atoms with E-state index in [4.69, 9.17) is 4.42 Å². The summed E-state index contributed by atoms with van der Waals surface area (Å²) in [5.74, 6) is 1.56. The Bertz CT molecular complexity index is 714. The molecule has 3 aromatic rings. The molecule has 0 aliphatic rings. The summed E-state index contributed by atoms with van der Waals surface area (Å²) in [6, 6.07) is 6.49. The Kier molecular flexibility index (Phi) is 4.01. The van der Waals surface area contributed by atoms with E-state index in [2.05, 4.69) is 29.2 Å². The second kappa shape index (κ2) is 6.10. The van der Waals surface area contributed by atoms with E-state index < -0.39 is 0 Å². The average Bonchev–Trinajstić information content (AvgIpc) is 3.09. The molecule has 0 spiro atoms. The summed E-state index contributed by atoms with van der Waals surface area (Å²) < 4.78 is 7.69. The Labute approximate surface area is 124 Å². The Morgan fingerprint density at radius 3 is 3.05 bits per heavy atom. The monoisotopic (exact) mass is 284 g/mol. The van der Waals surface area contributed by atoms with Gasteiger partial charge in [0.05, 0.1) is 23.5 Å². The van der Waals surface area contributed by atoms with Gasteiger partial charge in [-0.2, -0.15) is 5.10 Å². The van der Waals surface area contributed by atoms with E-state index in [9.17, 15) is 0 Å². The minimum Gasteiger partial charge on any atom is -0.441 e. The van der Waals surface area contributed by atoms with E-state index in [1.165, 1.54) is 0 Å². The van der Waals surface area contributed by atoms with Crippen LogP contribution in [0.15, 0.2) is 41.2 Å². The van der Waals surface area contributed by atoms with Gasteiger partial charge in [-0.1, -0.05) is 19.9 Å². The molecule has 0 amide bonds. The fourth-order valence-corrected chi connectivity index (χ4v) is 2.31. The molecular formula is C16H20N4O. The molecule has 0 aromatic carbocycles. The van der Waals surface area contributed by atoms with Gasteiger partial charge in [0, 0.05) is 18.7 Å². The number of hydrogen-bond acceptors (Lipinski definition) is 4. The fraction of sp³-hybridized carbons (Fsp3) is 0.375. The second-order valence-corrected chi connectivity index (χ2v) is 5.42. The number of rotatable bonds is 6. The van der Waals surface area contributed by atoms with Gasteiger partial charge < -0.3 is 9.73 Å². The Morgan fingerprint density at radius 2 is 2.19 bits per heavy atom. The third kappa shape index (κ3) is 3.13. The first-order chi connectivity index (χ1) is 10.2. The highest BCUT2D eigenvalue weighted by Crippen LogP contribution is 2.25. The minimum absolute atomic E-state index is 0.518. The highest BCUT2D eigenvalue weighted by molar-refractivity contribution is 5.76. The molecular weight excluding hydrogens is 264 g/mol. The predicted octanol–water partition coefficient (Wildman–Crippen LogP) is 2.92. The lowest BCUT2D eigenvalue weighted by molar-refractivity contribution is 0.484. The standard InChI is InChI=1S/C16H20N4O/c1-12(2)17-8-5-7-16-18-11-15(21-16)13-10-19-20-9-4-3-6-14(13)20/h3-4,6,9-12,17H,5,7-8H2,1-2H3. The summed E-state index contributed by atoms with van der Waals surface area (Å²) in [6.45, 7) is 5.27. The summed E-state index contributed by atoms with van der Waals surface area (Å²) in [5, 5.41) is 7.71. The number of hydrogen-bond donors (Lipinski definition) is 1. The van der Waals surface area contributed by atoms with E-state index >= 15 is 0 Å². The molecule has 3 aromatic heterocycles. The number of fused-ring (bicyclic) bond motifs is 1. The van der Waals surface area contributed by atoms with E-state index in [0.717, 1.165) is 42.1 Å². The smallest absolute Gasteiger partial charge is 0.194 e. The van der Waals surface area contributed by atoms with Gasteiger partial charge in [-0.25, -0.2) is 9.50 Å². The van der Waals surface area contributed by atoms with Crippen LogP contribution in [0.25, 0.3) is 16.8 Å². The molecule has 0 aliphatic heterocycles. The van der Waals surface area contributed by atoms with Gasteiger partial charge in [-0.3, -0.25) is 0 Å². The van der Waals surface area contributed by atoms with Crippen molar-refractivity contribution in [2.24, 2.45) is 0 Å². The first-order valence-corrected chi connectivity index (χ1v) is 7.35. The molecule has 0 saturated heterocycles. The Morgan fingerprint density at radius 1 is 1.29 bits per heavy atom. The van der Waals surface area contributed by atoms with Crippen molar-refractivity contribution in [1.82, 2.24) is 19.9 Å². The van der Waals surface area contributed by atoms with Gasteiger partial charge in [-0.15, -0.1) is 0 Å². The number of pyridine rings is 1. The summed E-state index contributed by atoms with van der Waals surface area (Å²) in [5.41, 5.74) is 2.01. The van der Waals surface area contributed by atoms with Crippen LogP contribution >= 0.6 is 0 Å². The first kappa shape index (κ1) is 13.8. The molecule has 21 heavy (non-hydrogen) atoms. The fourth-order valence-electron chi connectivity index (χ4n) is 2.31. The highest BCUT2D eigenvalue weighted by atomic mass is 16.4. The van der Waals surface area contributed by atoms with Crippen LogP contribution in [0.3, 0.4) is 0 Å². The molecule has 5 nitrogen and oxygen atoms in total. The summed E-state index contributed by atoms with van der Waals surface area (Å²) in [6.07, 6.45) is 7.40.